The Kier molecular flexibility index (Phi) is 3.39. The molecule has 2 nitrogen and oxygen atoms in total. The fraction of sp³-hybridized carbons (Fsp3) is 0.217. The monoisotopic (exact) mass is 326 g/mol. The highest BCUT2D eigenvalue weighted by Crippen LogP contribution is 2.33. The van der Waals surface area contributed by atoms with Crippen molar-refractivity contribution in [2.24, 2.45) is 0 Å². The third-order valence-electron chi connectivity index (χ3n) is 5.73. The molecule has 124 valence electrons. The zero-order valence-electron chi connectivity index (χ0n) is 14.5. The standard InChI is InChI=1S/C23H22N2/c1-16(18-11-6-8-17-7-2-3-9-19(17)18)25-14-13-21-20-10-4-5-12-22(20)24-23(21)15-25/h2-12,16,24H,13-15H2,1H3. The Morgan fingerprint density at radius 1 is 0.880 bits per heavy atom. The summed E-state index contributed by atoms with van der Waals surface area (Å²) in [7, 11) is 0. The molecule has 0 spiro atoms. The molecule has 3 aromatic carbocycles. The number of para-hydroxylation sites is 1. The number of hydrogen-bond donors (Lipinski definition) is 1. The van der Waals surface area contributed by atoms with Crippen LogP contribution in [0.25, 0.3) is 21.7 Å². The molecule has 1 aliphatic heterocycles. The third kappa shape index (κ3) is 2.37. The normalized spacial score (nSPS) is 16.2. The van der Waals surface area contributed by atoms with Crippen LogP contribution in [-0.4, -0.2) is 16.4 Å². The average Bonchev–Trinajstić information content (AvgIpc) is 3.04. The van der Waals surface area contributed by atoms with Gasteiger partial charge in [-0.15, -0.1) is 0 Å². The summed E-state index contributed by atoms with van der Waals surface area (Å²) in [6, 6.07) is 24.5. The number of nitrogens with zero attached hydrogens (tertiary/aromatic N) is 1. The molecule has 0 bridgehead atoms. The average molecular weight is 326 g/mol. The number of fused-ring (bicyclic) bond motifs is 4. The lowest BCUT2D eigenvalue weighted by atomic mass is 9.96. The molecule has 2 heteroatoms. The maximum absolute atomic E-state index is 3.65. The molecule has 0 saturated heterocycles. The van der Waals surface area contributed by atoms with Gasteiger partial charge in [0, 0.05) is 35.7 Å². The summed E-state index contributed by atoms with van der Waals surface area (Å²) in [6.45, 7) is 4.45. The summed E-state index contributed by atoms with van der Waals surface area (Å²) in [4.78, 5) is 6.24. The second-order valence-electron chi connectivity index (χ2n) is 7.09. The van der Waals surface area contributed by atoms with E-state index >= 15 is 0 Å². The first-order chi connectivity index (χ1) is 12.3. The van der Waals surface area contributed by atoms with Gasteiger partial charge in [-0.25, -0.2) is 0 Å². The van der Waals surface area contributed by atoms with E-state index in [1.165, 1.54) is 38.5 Å². The van der Waals surface area contributed by atoms with Crippen LogP contribution >= 0.6 is 0 Å². The Morgan fingerprint density at radius 3 is 2.56 bits per heavy atom. The first-order valence-electron chi connectivity index (χ1n) is 9.11. The molecule has 2 heterocycles. The maximum atomic E-state index is 3.65. The summed E-state index contributed by atoms with van der Waals surface area (Å²) in [5, 5.41) is 4.10. The van der Waals surface area contributed by atoms with Crippen LogP contribution in [0.15, 0.2) is 66.7 Å². The quantitative estimate of drug-likeness (QED) is 0.519. The summed E-state index contributed by atoms with van der Waals surface area (Å²) >= 11 is 0. The van der Waals surface area contributed by atoms with Crippen molar-refractivity contribution in [3.05, 3.63) is 83.6 Å². The lowest BCUT2D eigenvalue weighted by molar-refractivity contribution is 0.191. The Labute approximate surface area is 148 Å². The van der Waals surface area contributed by atoms with E-state index < -0.39 is 0 Å². The number of rotatable bonds is 2. The predicted octanol–water partition coefficient (Wildman–Crippen LogP) is 5.44. The number of H-pyrrole nitrogens is 1. The van der Waals surface area contributed by atoms with Crippen molar-refractivity contribution < 1.29 is 0 Å². The van der Waals surface area contributed by atoms with Crippen molar-refractivity contribution in [3.63, 3.8) is 0 Å². The first-order valence-corrected chi connectivity index (χ1v) is 9.11. The van der Waals surface area contributed by atoms with E-state index in [-0.39, 0.29) is 0 Å². The van der Waals surface area contributed by atoms with Crippen LogP contribution in [0.1, 0.15) is 29.8 Å². The van der Waals surface area contributed by atoms with Gasteiger partial charge < -0.3 is 4.98 Å². The van der Waals surface area contributed by atoms with Crippen molar-refractivity contribution in [2.75, 3.05) is 6.54 Å². The minimum atomic E-state index is 0.408. The Balaban J connectivity index is 1.51. The molecule has 1 atom stereocenters. The maximum Gasteiger partial charge on any atom is 0.0459 e. The van der Waals surface area contributed by atoms with Gasteiger partial charge >= 0.3 is 0 Å². The Bertz CT molecular complexity index is 1050. The third-order valence-corrected chi connectivity index (χ3v) is 5.73. The van der Waals surface area contributed by atoms with E-state index in [0.29, 0.717) is 6.04 Å². The second kappa shape index (κ2) is 5.75. The Hall–Kier alpha value is -2.58. The molecule has 1 N–H and O–H groups in total. The fourth-order valence-electron chi connectivity index (χ4n) is 4.36. The van der Waals surface area contributed by atoms with E-state index in [9.17, 15) is 0 Å². The molecule has 1 aromatic heterocycles. The van der Waals surface area contributed by atoms with Crippen LogP contribution in [0.5, 0.6) is 0 Å². The molecule has 5 rings (SSSR count). The van der Waals surface area contributed by atoms with Crippen LogP contribution in [0.4, 0.5) is 0 Å². The number of benzene rings is 3. The molecule has 0 fully saturated rings. The first kappa shape index (κ1) is 14.7. The molecule has 0 saturated carbocycles. The SMILES string of the molecule is CC(c1cccc2ccccc12)N1CCc2c([nH]c3ccccc23)C1. The number of aromatic nitrogens is 1. The zero-order chi connectivity index (χ0) is 16.8. The summed E-state index contributed by atoms with van der Waals surface area (Å²) in [5.41, 5.74) is 5.60. The van der Waals surface area contributed by atoms with E-state index in [4.69, 9.17) is 0 Å². The summed E-state index contributed by atoms with van der Waals surface area (Å²) < 4.78 is 0. The van der Waals surface area contributed by atoms with Crippen LogP contribution in [-0.2, 0) is 13.0 Å². The largest absolute Gasteiger partial charge is 0.357 e. The van der Waals surface area contributed by atoms with Crippen molar-refractivity contribution in [3.8, 4) is 0 Å². The van der Waals surface area contributed by atoms with Gasteiger partial charge in [0.15, 0.2) is 0 Å². The highest BCUT2D eigenvalue weighted by Gasteiger charge is 2.25. The van der Waals surface area contributed by atoms with Crippen LogP contribution in [0.3, 0.4) is 0 Å². The predicted molar refractivity (Wildman–Crippen MR) is 105 cm³/mol. The van der Waals surface area contributed by atoms with Gasteiger partial charge in [-0.3, -0.25) is 4.90 Å². The molecular weight excluding hydrogens is 304 g/mol. The lowest BCUT2D eigenvalue weighted by Crippen LogP contribution is -2.32. The van der Waals surface area contributed by atoms with Crippen molar-refractivity contribution in [1.82, 2.24) is 9.88 Å². The van der Waals surface area contributed by atoms with Crippen molar-refractivity contribution in [2.45, 2.75) is 25.9 Å². The second-order valence-corrected chi connectivity index (χ2v) is 7.09. The van der Waals surface area contributed by atoms with Crippen LogP contribution in [0, 0.1) is 0 Å². The molecule has 1 aliphatic rings. The van der Waals surface area contributed by atoms with E-state index in [1.54, 1.807) is 0 Å². The van der Waals surface area contributed by atoms with Gasteiger partial charge in [0.2, 0.25) is 0 Å². The van der Waals surface area contributed by atoms with Crippen molar-refractivity contribution in [1.29, 1.82) is 0 Å². The molecule has 0 radical (unpaired) electrons. The van der Waals surface area contributed by atoms with Gasteiger partial charge in [-0.05, 0) is 41.3 Å². The fourth-order valence-corrected chi connectivity index (χ4v) is 4.36. The smallest absolute Gasteiger partial charge is 0.0459 e. The van der Waals surface area contributed by atoms with Gasteiger partial charge in [-0.2, -0.15) is 0 Å². The van der Waals surface area contributed by atoms with Gasteiger partial charge in [0.1, 0.15) is 0 Å². The van der Waals surface area contributed by atoms with Gasteiger partial charge in [0.25, 0.3) is 0 Å². The van der Waals surface area contributed by atoms with E-state index in [0.717, 1.165) is 19.5 Å². The van der Waals surface area contributed by atoms with E-state index in [2.05, 4.69) is 83.5 Å². The Morgan fingerprint density at radius 2 is 1.64 bits per heavy atom. The molecule has 0 aliphatic carbocycles. The molecular formula is C23H22N2. The molecule has 1 unspecified atom stereocenters. The van der Waals surface area contributed by atoms with E-state index in [1.807, 2.05) is 0 Å². The highest BCUT2D eigenvalue weighted by molar-refractivity contribution is 5.86. The highest BCUT2D eigenvalue weighted by atomic mass is 15.2. The number of aromatic amines is 1. The van der Waals surface area contributed by atoms with Crippen LogP contribution in [0.2, 0.25) is 0 Å². The topological polar surface area (TPSA) is 19.0 Å². The molecule has 25 heavy (non-hydrogen) atoms. The van der Waals surface area contributed by atoms with Crippen molar-refractivity contribution >= 4 is 21.7 Å². The number of nitrogens with one attached hydrogen (secondary N) is 1. The minimum Gasteiger partial charge on any atom is -0.357 e. The summed E-state index contributed by atoms with van der Waals surface area (Å²) in [5.74, 6) is 0. The van der Waals surface area contributed by atoms with Crippen LogP contribution < -0.4 is 0 Å². The van der Waals surface area contributed by atoms with Gasteiger partial charge in [-0.1, -0.05) is 60.7 Å². The minimum absolute atomic E-state index is 0.408. The van der Waals surface area contributed by atoms with Gasteiger partial charge in [0.05, 0.1) is 0 Å². The zero-order valence-corrected chi connectivity index (χ0v) is 14.5. The lowest BCUT2D eigenvalue weighted by Gasteiger charge is -2.33. The summed E-state index contributed by atoms with van der Waals surface area (Å²) in [6.07, 6.45) is 1.12. The molecule has 0 amide bonds. The molecule has 4 aromatic rings. The number of hydrogen-bond acceptors (Lipinski definition) is 1.